The molecular formula is C21H25NO3. The lowest BCUT2D eigenvalue weighted by Crippen LogP contribution is -2.28. The highest BCUT2D eigenvalue weighted by molar-refractivity contribution is 5.89. The van der Waals surface area contributed by atoms with Crippen LogP contribution in [0.2, 0.25) is 0 Å². The minimum Gasteiger partial charge on any atom is -0.478 e. The summed E-state index contributed by atoms with van der Waals surface area (Å²) in [6.07, 6.45) is 3.82. The Hall–Kier alpha value is -2.62. The van der Waals surface area contributed by atoms with Crippen molar-refractivity contribution in [3.8, 4) is 0 Å². The van der Waals surface area contributed by atoms with Crippen LogP contribution < -0.4 is 0 Å². The Morgan fingerprint density at radius 1 is 0.920 bits per heavy atom. The third-order valence-electron chi connectivity index (χ3n) is 4.33. The Kier molecular flexibility index (Phi) is 7.20. The first-order valence-corrected chi connectivity index (χ1v) is 8.67. The molecule has 2 rings (SSSR count). The van der Waals surface area contributed by atoms with Crippen molar-refractivity contribution in [2.75, 3.05) is 13.6 Å². The van der Waals surface area contributed by atoms with Gasteiger partial charge in [-0.1, -0.05) is 48.5 Å². The van der Waals surface area contributed by atoms with Crippen molar-refractivity contribution in [2.45, 2.75) is 32.1 Å². The van der Waals surface area contributed by atoms with Crippen molar-refractivity contribution in [1.82, 2.24) is 4.90 Å². The predicted molar refractivity (Wildman–Crippen MR) is 98.7 cm³/mol. The van der Waals surface area contributed by atoms with Gasteiger partial charge in [0, 0.05) is 20.0 Å². The fourth-order valence-electron chi connectivity index (χ4n) is 2.83. The van der Waals surface area contributed by atoms with Crippen LogP contribution in [0.3, 0.4) is 0 Å². The van der Waals surface area contributed by atoms with E-state index in [1.807, 2.05) is 25.2 Å². The lowest BCUT2D eigenvalue weighted by atomic mass is 10.0. The third kappa shape index (κ3) is 6.07. The van der Waals surface area contributed by atoms with E-state index in [0.717, 1.165) is 25.8 Å². The predicted octanol–water partition coefficient (Wildman–Crippen LogP) is 3.80. The average Bonchev–Trinajstić information content (AvgIpc) is 2.64. The molecule has 132 valence electrons. The molecular weight excluding hydrogens is 314 g/mol. The Balaban J connectivity index is 1.72. The van der Waals surface area contributed by atoms with E-state index < -0.39 is 5.97 Å². The third-order valence-corrected chi connectivity index (χ3v) is 4.33. The molecule has 0 aromatic heterocycles. The number of rotatable bonds is 9. The molecule has 4 heteroatoms. The second-order valence-corrected chi connectivity index (χ2v) is 6.22. The maximum absolute atomic E-state index is 12.2. The summed E-state index contributed by atoms with van der Waals surface area (Å²) in [6, 6.07) is 17.2. The van der Waals surface area contributed by atoms with Crippen LogP contribution in [0.5, 0.6) is 0 Å². The van der Waals surface area contributed by atoms with Gasteiger partial charge in [-0.2, -0.15) is 0 Å². The first-order valence-electron chi connectivity index (χ1n) is 8.67. The number of carbonyl (C=O) groups excluding carboxylic acids is 1. The van der Waals surface area contributed by atoms with E-state index in [1.54, 1.807) is 29.2 Å². The lowest BCUT2D eigenvalue weighted by molar-refractivity contribution is -0.129. The van der Waals surface area contributed by atoms with Crippen LogP contribution in [-0.2, 0) is 17.6 Å². The number of unbranched alkanes of at least 4 members (excludes halogenated alkanes) is 1. The Morgan fingerprint density at radius 3 is 2.32 bits per heavy atom. The first-order chi connectivity index (χ1) is 12.1. The molecule has 0 aliphatic heterocycles. The van der Waals surface area contributed by atoms with E-state index in [2.05, 4.69) is 12.1 Å². The van der Waals surface area contributed by atoms with E-state index >= 15 is 0 Å². The Morgan fingerprint density at radius 2 is 1.60 bits per heavy atom. The van der Waals surface area contributed by atoms with Gasteiger partial charge >= 0.3 is 5.97 Å². The smallest absolute Gasteiger partial charge is 0.335 e. The summed E-state index contributed by atoms with van der Waals surface area (Å²) < 4.78 is 0. The molecule has 25 heavy (non-hydrogen) atoms. The number of hydrogen-bond acceptors (Lipinski definition) is 2. The number of hydrogen-bond donors (Lipinski definition) is 1. The minimum absolute atomic E-state index is 0.0555. The molecule has 1 amide bonds. The first kappa shape index (κ1) is 18.7. The molecule has 4 nitrogen and oxygen atoms in total. The zero-order chi connectivity index (χ0) is 18.1. The second kappa shape index (κ2) is 9.62. The average molecular weight is 339 g/mol. The number of carboxylic acids is 1. The van der Waals surface area contributed by atoms with Crippen molar-refractivity contribution >= 4 is 11.9 Å². The highest BCUT2D eigenvalue weighted by Gasteiger charge is 2.13. The highest BCUT2D eigenvalue weighted by atomic mass is 16.4. The van der Waals surface area contributed by atoms with Gasteiger partial charge in [-0.15, -0.1) is 0 Å². The largest absolute Gasteiger partial charge is 0.478 e. The Bertz CT molecular complexity index is 697. The molecule has 0 heterocycles. The van der Waals surface area contributed by atoms with Gasteiger partial charge in [0.1, 0.15) is 0 Å². The van der Waals surface area contributed by atoms with E-state index in [-0.39, 0.29) is 11.5 Å². The van der Waals surface area contributed by atoms with Crippen molar-refractivity contribution in [2.24, 2.45) is 0 Å². The number of aromatic carboxylic acids is 1. The molecule has 1 N–H and O–H groups in total. The van der Waals surface area contributed by atoms with E-state index in [1.165, 1.54) is 5.56 Å². The number of carboxylic acid groups (broad SMARTS) is 1. The topological polar surface area (TPSA) is 57.6 Å². The Labute approximate surface area is 149 Å². The monoisotopic (exact) mass is 339 g/mol. The lowest BCUT2D eigenvalue weighted by Gasteiger charge is -2.17. The van der Waals surface area contributed by atoms with Crippen molar-refractivity contribution in [3.05, 3.63) is 71.3 Å². The van der Waals surface area contributed by atoms with Gasteiger partial charge in [0.05, 0.1) is 5.56 Å². The molecule has 0 fully saturated rings. The van der Waals surface area contributed by atoms with Gasteiger partial charge in [-0.05, 0) is 42.9 Å². The van der Waals surface area contributed by atoms with Gasteiger partial charge in [0.15, 0.2) is 0 Å². The van der Waals surface area contributed by atoms with Gasteiger partial charge < -0.3 is 10.0 Å². The fraction of sp³-hybridized carbons (Fsp3) is 0.333. The summed E-state index contributed by atoms with van der Waals surface area (Å²) in [7, 11) is 1.81. The van der Waals surface area contributed by atoms with Crippen LogP contribution in [-0.4, -0.2) is 35.5 Å². The maximum atomic E-state index is 12.2. The molecule has 0 saturated heterocycles. The molecule has 0 saturated carbocycles. The minimum atomic E-state index is -0.947. The van der Waals surface area contributed by atoms with Gasteiger partial charge in [0.25, 0.3) is 0 Å². The summed E-state index contributed by atoms with van der Waals surface area (Å²) in [4.78, 5) is 25.2. The number of nitrogens with zero attached hydrogens (tertiary/aromatic N) is 1. The zero-order valence-electron chi connectivity index (χ0n) is 14.6. The van der Waals surface area contributed by atoms with Crippen LogP contribution in [0.4, 0.5) is 0 Å². The van der Waals surface area contributed by atoms with E-state index in [9.17, 15) is 14.7 Å². The van der Waals surface area contributed by atoms with Gasteiger partial charge in [-0.3, -0.25) is 4.79 Å². The molecule has 0 atom stereocenters. The highest BCUT2D eigenvalue weighted by Crippen LogP contribution is 2.12. The maximum Gasteiger partial charge on any atom is 0.335 e. The van der Waals surface area contributed by atoms with Crippen LogP contribution in [0, 0.1) is 0 Å². The summed E-state index contributed by atoms with van der Waals surface area (Å²) in [5, 5.41) is 9.18. The molecule has 0 spiro atoms. The number of carbonyl (C=O) groups is 2. The van der Waals surface area contributed by atoms with Gasteiger partial charge in [0.2, 0.25) is 5.91 Å². The van der Waals surface area contributed by atoms with E-state index in [4.69, 9.17) is 0 Å². The zero-order valence-corrected chi connectivity index (χ0v) is 14.6. The summed E-state index contributed by atoms with van der Waals surface area (Å²) >= 11 is 0. The quantitative estimate of drug-likeness (QED) is 0.707. The number of benzene rings is 2. The fourth-order valence-corrected chi connectivity index (χ4v) is 2.83. The standard InChI is InChI=1S/C21H25NO3/c1-22(16-8-7-11-17-9-3-2-4-10-17)20(23)15-14-18-12-5-6-13-19(18)21(24)25/h2-6,9-10,12-13H,7-8,11,14-16H2,1H3,(H,24,25). The van der Waals surface area contributed by atoms with Crippen molar-refractivity contribution in [1.29, 1.82) is 0 Å². The van der Waals surface area contributed by atoms with Crippen molar-refractivity contribution in [3.63, 3.8) is 0 Å². The molecule has 0 bridgehead atoms. The number of aryl methyl sites for hydroxylation is 2. The molecule has 0 aliphatic carbocycles. The van der Waals surface area contributed by atoms with Crippen LogP contribution in [0.15, 0.2) is 54.6 Å². The molecule has 0 unspecified atom stereocenters. The molecule has 2 aromatic carbocycles. The van der Waals surface area contributed by atoms with E-state index in [0.29, 0.717) is 18.4 Å². The second-order valence-electron chi connectivity index (χ2n) is 6.22. The molecule has 0 radical (unpaired) electrons. The summed E-state index contributed by atoms with van der Waals surface area (Å²) in [5.74, 6) is -0.891. The van der Waals surface area contributed by atoms with Gasteiger partial charge in [-0.25, -0.2) is 4.79 Å². The van der Waals surface area contributed by atoms with Crippen molar-refractivity contribution < 1.29 is 14.7 Å². The normalized spacial score (nSPS) is 10.4. The molecule has 2 aromatic rings. The van der Waals surface area contributed by atoms with Crippen LogP contribution in [0.1, 0.15) is 40.7 Å². The van der Waals surface area contributed by atoms with Crippen LogP contribution in [0.25, 0.3) is 0 Å². The van der Waals surface area contributed by atoms with Crippen LogP contribution >= 0.6 is 0 Å². The summed E-state index contributed by atoms with van der Waals surface area (Å²) in [5.41, 5.74) is 2.31. The molecule has 0 aliphatic rings. The SMILES string of the molecule is CN(CCCCc1ccccc1)C(=O)CCc1ccccc1C(=O)O. The number of amides is 1. The summed E-state index contributed by atoms with van der Waals surface area (Å²) in [6.45, 7) is 0.728.